The Hall–Kier alpha value is -0.490. The van der Waals surface area contributed by atoms with E-state index in [-0.39, 0.29) is 6.42 Å². The molecule has 0 N–H and O–H groups in total. The maximum Gasteiger partial charge on any atom is 0.422 e. The summed E-state index contributed by atoms with van der Waals surface area (Å²) in [6.07, 6.45) is 0.238. The molecular formula is C9H13ClF2O. The monoisotopic (exact) mass is 210 g/mol. The van der Waals surface area contributed by atoms with Gasteiger partial charge in [-0.25, -0.2) is 0 Å². The second-order valence-corrected chi connectivity index (χ2v) is 3.15. The van der Waals surface area contributed by atoms with Crippen LogP contribution in [0.1, 0.15) is 33.1 Å². The van der Waals surface area contributed by atoms with Crippen molar-refractivity contribution in [2.24, 2.45) is 0 Å². The van der Waals surface area contributed by atoms with Crippen LogP contribution in [0.5, 0.6) is 0 Å². The van der Waals surface area contributed by atoms with Crippen LogP contribution in [0.4, 0.5) is 8.78 Å². The zero-order chi connectivity index (χ0) is 10.3. The van der Waals surface area contributed by atoms with Gasteiger partial charge in [0.2, 0.25) is 0 Å². The number of hydrogen-bond acceptors (Lipinski definition) is 1. The second kappa shape index (κ2) is 6.04. The number of hydrogen-bond donors (Lipinski definition) is 0. The molecule has 0 amide bonds. The summed E-state index contributed by atoms with van der Waals surface area (Å²) in [7, 11) is 0. The van der Waals surface area contributed by atoms with Crippen molar-refractivity contribution >= 4 is 11.6 Å². The first-order valence-corrected chi connectivity index (χ1v) is 4.59. The summed E-state index contributed by atoms with van der Waals surface area (Å²) >= 11 is 5.44. The Labute approximate surface area is 82.4 Å². The number of unbranched alkanes of at least 4 members (excludes halogenated alkanes) is 1. The highest BCUT2D eigenvalue weighted by Gasteiger charge is 2.40. The predicted octanol–water partition coefficient (Wildman–Crippen LogP) is 3.37. The fourth-order valence-electron chi connectivity index (χ4n) is 0.734. The number of ether oxygens (including phenoxy) is 1. The first-order valence-electron chi connectivity index (χ1n) is 4.16. The molecule has 0 aromatic carbocycles. The van der Waals surface area contributed by atoms with Gasteiger partial charge in [-0.05, 0) is 6.42 Å². The van der Waals surface area contributed by atoms with E-state index in [0.29, 0.717) is 6.42 Å². The van der Waals surface area contributed by atoms with Gasteiger partial charge in [0, 0.05) is 6.92 Å². The molecule has 0 rings (SSSR count). The van der Waals surface area contributed by atoms with E-state index < -0.39 is 11.5 Å². The quantitative estimate of drug-likeness (QED) is 0.499. The molecule has 0 heterocycles. The van der Waals surface area contributed by atoms with E-state index in [9.17, 15) is 8.78 Å². The summed E-state index contributed by atoms with van der Waals surface area (Å²) in [6.45, 7) is 3.33. The van der Waals surface area contributed by atoms with Crippen molar-refractivity contribution < 1.29 is 13.5 Å². The average molecular weight is 211 g/mol. The van der Waals surface area contributed by atoms with Crippen LogP contribution in [0, 0.1) is 12.0 Å². The molecule has 1 atom stereocenters. The van der Waals surface area contributed by atoms with Gasteiger partial charge in [0.25, 0.3) is 0 Å². The molecule has 13 heavy (non-hydrogen) atoms. The van der Waals surface area contributed by atoms with Crippen LogP contribution in [0.25, 0.3) is 0 Å². The molecule has 0 saturated carbocycles. The lowest BCUT2D eigenvalue weighted by atomic mass is 10.2. The molecule has 1 unspecified atom stereocenters. The minimum absolute atomic E-state index is 0.233. The number of halogens is 3. The molecule has 0 fully saturated rings. The van der Waals surface area contributed by atoms with E-state index in [4.69, 9.17) is 11.6 Å². The van der Waals surface area contributed by atoms with Crippen molar-refractivity contribution in [1.29, 1.82) is 0 Å². The van der Waals surface area contributed by atoms with Gasteiger partial charge in [0.1, 0.15) is 11.5 Å². The van der Waals surface area contributed by atoms with E-state index in [1.807, 2.05) is 13.0 Å². The molecule has 0 spiro atoms. The summed E-state index contributed by atoms with van der Waals surface area (Å²) in [5.41, 5.74) is 0. The van der Waals surface area contributed by atoms with Gasteiger partial charge in [-0.2, -0.15) is 8.78 Å². The van der Waals surface area contributed by atoms with Crippen LogP contribution in [-0.2, 0) is 4.74 Å². The first-order chi connectivity index (χ1) is 6.04. The molecular weight excluding hydrogens is 198 g/mol. The van der Waals surface area contributed by atoms with Crippen molar-refractivity contribution in [2.45, 2.75) is 44.6 Å². The topological polar surface area (TPSA) is 9.23 Å². The van der Waals surface area contributed by atoms with Gasteiger partial charge >= 0.3 is 6.11 Å². The zero-order valence-corrected chi connectivity index (χ0v) is 8.50. The second-order valence-electron chi connectivity index (χ2n) is 2.63. The maximum atomic E-state index is 12.9. The molecule has 0 aliphatic rings. The Bertz CT molecular complexity index is 196. The van der Waals surface area contributed by atoms with E-state index >= 15 is 0 Å². The third-order valence-electron chi connectivity index (χ3n) is 1.46. The summed E-state index contributed by atoms with van der Waals surface area (Å²) < 4.78 is 29.8. The molecule has 0 saturated heterocycles. The lowest BCUT2D eigenvalue weighted by Crippen LogP contribution is -2.30. The van der Waals surface area contributed by atoms with Gasteiger partial charge in [-0.1, -0.05) is 25.7 Å². The molecule has 0 aromatic heterocycles. The molecule has 76 valence electrons. The minimum Gasteiger partial charge on any atom is -0.378 e. The average Bonchev–Trinajstić information content (AvgIpc) is 2.10. The van der Waals surface area contributed by atoms with Crippen LogP contribution in [0.2, 0.25) is 0 Å². The fraction of sp³-hybridized carbons (Fsp3) is 0.778. The lowest BCUT2D eigenvalue weighted by molar-refractivity contribution is -0.197. The van der Waals surface area contributed by atoms with Crippen LogP contribution in [0.15, 0.2) is 0 Å². The first kappa shape index (κ1) is 12.5. The molecule has 1 nitrogen and oxygen atoms in total. The summed E-state index contributed by atoms with van der Waals surface area (Å²) in [4.78, 5) is 0. The Kier molecular flexibility index (Phi) is 5.81. The van der Waals surface area contributed by atoms with Crippen LogP contribution >= 0.6 is 11.6 Å². The highest BCUT2D eigenvalue weighted by molar-refractivity contribution is 6.21. The third-order valence-corrected chi connectivity index (χ3v) is 1.94. The molecule has 0 aliphatic carbocycles. The molecule has 4 heteroatoms. The minimum atomic E-state index is -3.35. The predicted molar refractivity (Wildman–Crippen MR) is 48.6 cm³/mol. The standard InChI is InChI=1S/C9H13ClF2O/c1-3-5-6-8(10)9(11,12)13-7-4-2/h8H,3,5-6H2,1-2H3. The van der Waals surface area contributed by atoms with Gasteiger partial charge in [-0.3, -0.25) is 0 Å². The molecule has 0 aliphatic heterocycles. The van der Waals surface area contributed by atoms with Crippen molar-refractivity contribution in [1.82, 2.24) is 0 Å². The van der Waals surface area contributed by atoms with Crippen molar-refractivity contribution in [3.05, 3.63) is 0 Å². The van der Waals surface area contributed by atoms with E-state index in [0.717, 1.165) is 6.42 Å². The highest BCUT2D eigenvalue weighted by Crippen LogP contribution is 2.28. The molecule has 0 bridgehead atoms. The lowest BCUT2D eigenvalue weighted by Gasteiger charge is -2.18. The smallest absolute Gasteiger partial charge is 0.378 e. The Balaban J connectivity index is 3.99. The highest BCUT2D eigenvalue weighted by atomic mass is 35.5. The fourth-order valence-corrected chi connectivity index (χ4v) is 0.933. The van der Waals surface area contributed by atoms with E-state index in [1.165, 1.54) is 6.92 Å². The van der Waals surface area contributed by atoms with Crippen LogP contribution in [0.3, 0.4) is 0 Å². The van der Waals surface area contributed by atoms with Gasteiger partial charge in [0.15, 0.2) is 0 Å². The summed E-state index contributed by atoms with van der Waals surface area (Å²) in [6, 6.07) is 0. The van der Waals surface area contributed by atoms with E-state index in [2.05, 4.69) is 10.7 Å². The van der Waals surface area contributed by atoms with Gasteiger partial charge in [-0.15, -0.1) is 11.6 Å². The SMILES string of the molecule is CC#COC(F)(F)C(Cl)CCCC. The van der Waals surface area contributed by atoms with Gasteiger partial charge in [0.05, 0.1) is 0 Å². The van der Waals surface area contributed by atoms with Crippen LogP contribution in [-0.4, -0.2) is 11.5 Å². The van der Waals surface area contributed by atoms with Crippen molar-refractivity contribution in [2.75, 3.05) is 0 Å². The Morgan fingerprint density at radius 2 is 2.15 bits per heavy atom. The Morgan fingerprint density at radius 3 is 2.62 bits per heavy atom. The maximum absolute atomic E-state index is 12.9. The van der Waals surface area contributed by atoms with Crippen molar-refractivity contribution in [3.8, 4) is 12.0 Å². The van der Waals surface area contributed by atoms with Gasteiger partial charge < -0.3 is 4.74 Å². The third kappa shape index (κ3) is 4.94. The zero-order valence-electron chi connectivity index (χ0n) is 7.74. The number of alkyl halides is 3. The molecule has 0 radical (unpaired) electrons. The summed E-state index contributed by atoms with van der Waals surface area (Å²) in [5, 5.41) is -1.30. The Morgan fingerprint density at radius 1 is 1.54 bits per heavy atom. The van der Waals surface area contributed by atoms with E-state index in [1.54, 1.807) is 0 Å². The largest absolute Gasteiger partial charge is 0.422 e. The number of rotatable bonds is 5. The normalized spacial score (nSPS) is 13.0. The molecule has 0 aromatic rings. The summed E-state index contributed by atoms with van der Waals surface area (Å²) in [5.74, 6) is 2.22. The van der Waals surface area contributed by atoms with Crippen LogP contribution < -0.4 is 0 Å². The van der Waals surface area contributed by atoms with Crippen molar-refractivity contribution in [3.63, 3.8) is 0 Å².